The molecule has 0 aliphatic heterocycles. The number of aryl methyl sites for hydroxylation is 1. The molecule has 4 rings (SSSR count). The molecular weight excluding hydrogens is 256 g/mol. The molecule has 0 radical (unpaired) electrons. The Morgan fingerprint density at radius 2 is 1.90 bits per heavy atom. The van der Waals surface area contributed by atoms with Crippen molar-refractivity contribution in [1.82, 2.24) is 10.3 Å². The summed E-state index contributed by atoms with van der Waals surface area (Å²) < 4.78 is 0. The van der Waals surface area contributed by atoms with Gasteiger partial charge < -0.3 is 10.3 Å². The predicted molar refractivity (Wildman–Crippen MR) is 88.5 cm³/mol. The largest absolute Gasteiger partial charge is 0.357 e. The van der Waals surface area contributed by atoms with Gasteiger partial charge in [-0.15, -0.1) is 0 Å². The molecular formula is C19H26N2. The molecule has 0 saturated heterocycles. The van der Waals surface area contributed by atoms with Crippen molar-refractivity contribution in [3.8, 4) is 0 Å². The van der Waals surface area contributed by atoms with Gasteiger partial charge in [0.2, 0.25) is 0 Å². The van der Waals surface area contributed by atoms with Crippen LogP contribution in [0.1, 0.15) is 62.7 Å². The van der Waals surface area contributed by atoms with Crippen molar-refractivity contribution in [3.05, 3.63) is 35.5 Å². The van der Waals surface area contributed by atoms with Gasteiger partial charge in [-0.25, -0.2) is 0 Å². The quantitative estimate of drug-likeness (QED) is 0.838. The van der Waals surface area contributed by atoms with E-state index in [0.29, 0.717) is 12.1 Å². The Bertz CT molecular complexity index is 622. The number of para-hydroxylation sites is 1. The summed E-state index contributed by atoms with van der Waals surface area (Å²) in [5.74, 6) is 0.889. The van der Waals surface area contributed by atoms with Gasteiger partial charge in [0.1, 0.15) is 0 Å². The van der Waals surface area contributed by atoms with E-state index in [-0.39, 0.29) is 0 Å². The molecule has 2 aliphatic rings. The lowest BCUT2D eigenvalue weighted by Crippen LogP contribution is -2.37. The summed E-state index contributed by atoms with van der Waals surface area (Å²) in [4.78, 5) is 3.70. The summed E-state index contributed by atoms with van der Waals surface area (Å²) in [6.07, 6.45) is 9.51. The molecule has 2 heteroatoms. The second-order valence-corrected chi connectivity index (χ2v) is 7.01. The molecule has 1 aromatic carbocycles. The van der Waals surface area contributed by atoms with E-state index in [9.17, 15) is 0 Å². The lowest BCUT2D eigenvalue weighted by Gasteiger charge is -2.30. The number of H-pyrrole nitrogens is 1. The van der Waals surface area contributed by atoms with Crippen LogP contribution in [0.2, 0.25) is 0 Å². The fraction of sp³-hybridized carbons (Fsp3) is 0.579. The van der Waals surface area contributed by atoms with Crippen molar-refractivity contribution in [3.63, 3.8) is 0 Å². The first-order valence-corrected chi connectivity index (χ1v) is 8.68. The summed E-state index contributed by atoms with van der Waals surface area (Å²) in [5.41, 5.74) is 4.34. The van der Waals surface area contributed by atoms with Gasteiger partial charge in [-0.05, 0) is 56.6 Å². The molecule has 2 atom stereocenters. The number of aromatic nitrogens is 1. The molecule has 21 heavy (non-hydrogen) atoms. The summed E-state index contributed by atoms with van der Waals surface area (Å²) in [5, 5.41) is 5.38. The number of hydrogen-bond donors (Lipinski definition) is 2. The van der Waals surface area contributed by atoms with Crippen LogP contribution in [0.15, 0.2) is 24.3 Å². The molecule has 112 valence electrons. The molecule has 1 unspecified atom stereocenters. The van der Waals surface area contributed by atoms with Gasteiger partial charge in [-0.2, -0.15) is 0 Å². The van der Waals surface area contributed by atoms with Crippen molar-refractivity contribution in [2.24, 2.45) is 5.92 Å². The Kier molecular flexibility index (Phi) is 3.50. The van der Waals surface area contributed by atoms with E-state index in [1.165, 1.54) is 61.5 Å². The Morgan fingerprint density at radius 3 is 2.76 bits per heavy atom. The van der Waals surface area contributed by atoms with Crippen LogP contribution in [0.5, 0.6) is 0 Å². The Labute approximate surface area is 127 Å². The normalized spacial score (nSPS) is 24.3. The molecule has 0 amide bonds. The van der Waals surface area contributed by atoms with Crippen molar-refractivity contribution in [2.45, 2.75) is 64.0 Å². The number of aromatic amines is 1. The summed E-state index contributed by atoms with van der Waals surface area (Å²) in [6, 6.07) is 9.95. The highest BCUT2D eigenvalue weighted by Crippen LogP contribution is 2.36. The molecule has 1 fully saturated rings. The maximum absolute atomic E-state index is 3.95. The second kappa shape index (κ2) is 5.49. The Hall–Kier alpha value is -1.28. The van der Waals surface area contributed by atoms with E-state index in [0.717, 1.165) is 5.92 Å². The van der Waals surface area contributed by atoms with Gasteiger partial charge in [0.15, 0.2) is 0 Å². The second-order valence-electron chi connectivity index (χ2n) is 7.01. The Morgan fingerprint density at radius 1 is 1.10 bits per heavy atom. The van der Waals surface area contributed by atoms with Crippen LogP contribution < -0.4 is 5.32 Å². The third kappa shape index (κ3) is 2.40. The first kappa shape index (κ1) is 13.4. The van der Waals surface area contributed by atoms with Crippen LogP contribution in [0, 0.1) is 5.92 Å². The average Bonchev–Trinajstić information content (AvgIpc) is 3.15. The van der Waals surface area contributed by atoms with Gasteiger partial charge in [0.05, 0.1) is 0 Å². The van der Waals surface area contributed by atoms with Gasteiger partial charge >= 0.3 is 0 Å². The third-order valence-electron chi connectivity index (χ3n) is 5.69. The molecule has 2 N–H and O–H groups in total. The lowest BCUT2D eigenvalue weighted by atomic mass is 9.90. The fourth-order valence-corrected chi connectivity index (χ4v) is 4.49. The van der Waals surface area contributed by atoms with E-state index in [2.05, 4.69) is 41.5 Å². The molecule has 0 bridgehead atoms. The zero-order valence-corrected chi connectivity index (χ0v) is 13.0. The zero-order valence-electron chi connectivity index (χ0n) is 13.0. The average molecular weight is 282 g/mol. The van der Waals surface area contributed by atoms with Crippen molar-refractivity contribution in [2.75, 3.05) is 0 Å². The lowest BCUT2D eigenvalue weighted by molar-refractivity contribution is 0.322. The summed E-state index contributed by atoms with van der Waals surface area (Å²) in [6.45, 7) is 2.40. The minimum absolute atomic E-state index is 0.525. The van der Waals surface area contributed by atoms with Crippen LogP contribution in [0.4, 0.5) is 0 Å². The van der Waals surface area contributed by atoms with E-state index in [4.69, 9.17) is 0 Å². The third-order valence-corrected chi connectivity index (χ3v) is 5.69. The first-order valence-electron chi connectivity index (χ1n) is 8.68. The predicted octanol–water partition coefficient (Wildman–Crippen LogP) is 4.71. The van der Waals surface area contributed by atoms with E-state index >= 15 is 0 Å². The number of hydrogen-bond acceptors (Lipinski definition) is 1. The standard InChI is InChI=1S/C19H26N2/c1-13(14-7-2-3-8-14)20-18-12-6-10-16-15-9-4-5-11-17(15)21-19(16)18/h4-5,9,11,13-14,18,20-21H,2-3,6-8,10,12H2,1H3/t13-,18?/m0/s1. The smallest absolute Gasteiger partial charge is 0.0478 e. The number of benzene rings is 1. The van der Waals surface area contributed by atoms with Gasteiger partial charge in [0, 0.05) is 28.7 Å². The number of nitrogens with one attached hydrogen (secondary N) is 2. The fourth-order valence-electron chi connectivity index (χ4n) is 4.49. The molecule has 2 nitrogen and oxygen atoms in total. The Balaban J connectivity index is 1.60. The van der Waals surface area contributed by atoms with Gasteiger partial charge in [-0.1, -0.05) is 31.0 Å². The van der Waals surface area contributed by atoms with E-state index in [1.54, 1.807) is 5.56 Å². The maximum atomic E-state index is 3.95. The van der Waals surface area contributed by atoms with Crippen LogP contribution >= 0.6 is 0 Å². The number of fused-ring (bicyclic) bond motifs is 3. The summed E-state index contributed by atoms with van der Waals surface area (Å²) in [7, 11) is 0. The van der Waals surface area contributed by atoms with Crippen LogP contribution in [0.3, 0.4) is 0 Å². The van der Waals surface area contributed by atoms with Crippen molar-refractivity contribution < 1.29 is 0 Å². The topological polar surface area (TPSA) is 27.8 Å². The highest BCUT2D eigenvalue weighted by molar-refractivity contribution is 5.85. The van der Waals surface area contributed by atoms with Gasteiger partial charge in [0.25, 0.3) is 0 Å². The van der Waals surface area contributed by atoms with Gasteiger partial charge in [-0.3, -0.25) is 0 Å². The molecule has 1 aromatic heterocycles. The van der Waals surface area contributed by atoms with E-state index in [1.807, 2.05) is 0 Å². The molecule has 0 spiro atoms. The van der Waals surface area contributed by atoms with Crippen molar-refractivity contribution in [1.29, 1.82) is 0 Å². The van der Waals surface area contributed by atoms with Crippen molar-refractivity contribution >= 4 is 10.9 Å². The van der Waals surface area contributed by atoms with E-state index < -0.39 is 0 Å². The molecule has 1 heterocycles. The minimum atomic E-state index is 0.525. The number of rotatable bonds is 3. The first-order chi connectivity index (χ1) is 10.3. The molecule has 2 aliphatic carbocycles. The monoisotopic (exact) mass is 282 g/mol. The minimum Gasteiger partial charge on any atom is -0.357 e. The highest BCUT2D eigenvalue weighted by atomic mass is 15.0. The molecule has 2 aromatic rings. The highest BCUT2D eigenvalue weighted by Gasteiger charge is 2.28. The van der Waals surface area contributed by atoms with Crippen LogP contribution in [-0.4, -0.2) is 11.0 Å². The van der Waals surface area contributed by atoms with Crippen LogP contribution in [0.25, 0.3) is 10.9 Å². The molecule has 1 saturated carbocycles. The maximum Gasteiger partial charge on any atom is 0.0478 e. The van der Waals surface area contributed by atoms with Crippen LogP contribution in [-0.2, 0) is 6.42 Å². The zero-order chi connectivity index (χ0) is 14.2. The summed E-state index contributed by atoms with van der Waals surface area (Å²) >= 11 is 0. The SMILES string of the molecule is C[C@H](NC1CCCc2c1[nH]c1ccccc21)C1CCCC1.